The highest BCUT2D eigenvalue weighted by Gasteiger charge is 1.94. The van der Waals surface area contributed by atoms with Gasteiger partial charge in [0.05, 0.1) is 7.11 Å². The third kappa shape index (κ3) is 1.25. The summed E-state index contributed by atoms with van der Waals surface area (Å²) < 4.78 is 4.57. The van der Waals surface area contributed by atoms with Gasteiger partial charge in [-0.05, 0) is 0 Å². The fourth-order valence-electron chi connectivity index (χ4n) is 0.372. The number of ether oxygens (including phenoxy) is 1. The van der Waals surface area contributed by atoms with Gasteiger partial charge in [-0.25, -0.2) is 0 Å². The highest BCUT2D eigenvalue weighted by molar-refractivity contribution is 4.96. The molecule has 1 heterocycles. The Morgan fingerprint density at radius 1 is 1.56 bits per heavy atom. The summed E-state index contributed by atoms with van der Waals surface area (Å²) in [5, 5.41) is 8.60. The van der Waals surface area contributed by atoms with Crippen molar-refractivity contribution >= 4 is 0 Å². The molecule has 5 nitrogen and oxygen atoms in total. The van der Waals surface area contributed by atoms with Crippen LogP contribution in [0.15, 0.2) is 6.33 Å². The van der Waals surface area contributed by atoms with Crippen LogP contribution in [0, 0.1) is 0 Å². The molecule has 0 radical (unpaired) electrons. The first kappa shape index (κ1) is 5.74. The van der Waals surface area contributed by atoms with E-state index >= 15 is 0 Å². The first-order valence-electron chi connectivity index (χ1n) is 2.25. The molecule has 1 aromatic rings. The zero-order valence-corrected chi connectivity index (χ0v) is 4.77. The van der Waals surface area contributed by atoms with Crippen LogP contribution < -0.4 is 4.74 Å². The maximum Gasteiger partial charge on any atom is 0.322 e. The van der Waals surface area contributed by atoms with Gasteiger partial charge in [0, 0.05) is 0 Å². The molecule has 0 aliphatic carbocycles. The molecule has 0 saturated heterocycles. The van der Waals surface area contributed by atoms with E-state index in [2.05, 4.69) is 19.7 Å². The van der Waals surface area contributed by atoms with Crippen molar-refractivity contribution in [2.75, 3.05) is 7.11 Å². The van der Waals surface area contributed by atoms with Crippen molar-refractivity contribution in [1.29, 1.82) is 0 Å². The van der Waals surface area contributed by atoms with E-state index in [1.807, 2.05) is 0 Å². The Hall–Kier alpha value is -1.39. The van der Waals surface area contributed by atoms with Crippen molar-refractivity contribution < 1.29 is 9.84 Å². The van der Waals surface area contributed by atoms with E-state index in [0.29, 0.717) is 0 Å². The van der Waals surface area contributed by atoms with Crippen LogP contribution in [0.3, 0.4) is 0 Å². The summed E-state index contributed by atoms with van der Waals surface area (Å²) in [5.41, 5.74) is 0. The molecule has 0 spiro atoms. The molecular formula is C4H5N3O2. The van der Waals surface area contributed by atoms with Crippen LogP contribution in [0.5, 0.6) is 12.0 Å². The van der Waals surface area contributed by atoms with Crippen molar-refractivity contribution in [2.24, 2.45) is 0 Å². The van der Waals surface area contributed by atoms with E-state index in [1.165, 1.54) is 13.4 Å². The van der Waals surface area contributed by atoms with E-state index in [9.17, 15) is 0 Å². The Balaban J connectivity index is 2.94. The average molecular weight is 127 g/mol. The fraction of sp³-hybridized carbons (Fsp3) is 0.250. The highest BCUT2D eigenvalue weighted by Crippen LogP contribution is 2.01. The third-order valence-electron chi connectivity index (χ3n) is 0.720. The molecule has 0 aliphatic heterocycles. The molecule has 0 amide bonds. The molecule has 5 heteroatoms. The summed E-state index contributed by atoms with van der Waals surface area (Å²) >= 11 is 0. The van der Waals surface area contributed by atoms with E-state index in [0.717, 1.165) is 0 Å². The maximum absolute atomic E-state index is 8.60. The molecule has 1 rings (SSSR count). The van der Waals surface area contributed by atoms with Crippen molar-refractivity contribution in [3.8, 4) is 12.0 Å². The predicted molar refractivity (Wildman–Crippen MR) is 28.0 cm³/mol. The van der Waals surface area contributed by atoms with Crippen LogP contribution in [0.2, 0.25) is 0 Å². The van der Waals surface area contributed by atoms with Gasteiger partial charge in [0.15, 0.2) is 0 Å². The third-order valence-corrected chi connectivity index (χ3v) is 0.720. The second kappa shape index (κ2) is 2.25. The van der Waals surface area contributed by atoms with Crippen LogP contribution >= 0.6 is 0 Å². The smallest absolute Gasteiger partial charge is 0.322 e. The minimum atomic E-state index is -0.332. The zero-order chi connectivity index (χ0) is 6.69. The molecule has 0 aromatic carbocycles. The monoisotopic (exact) mass is 127 g/mol. The number of aromatic nitrogens is 3. The fourth-order valence-corrected chi connectivity index (χ4v) is 0.372. The highest BCUT2D eigenvalue weighted by atomic mass is 16.5. The van der Waals surface area contributed by atoms with Crippen molar-refractivity contribution in [1.82, 2.24) is 15.0 Å². The normalized spacial score (nSPS) is 9.00. The van der Waals surface area contributed by atoms with Crippen molar-refractivity contribution in [3.05, 3.63) is 6.33 Å². The quantitative estimate of drug-likeness (QED) is 0.555. The lowest BCUT2D eigenvalue weighted by Crippen LogP contribution is -1.91. The number of hydrogen-bond donors (Lipinski definition) is 1. The minimum absolute atomic E-state index is 0.113. The van der Waals surface area contributed by atoms with Crippen LogP contribution in [-0.2, 0) is 0 Å². The van der Waals surface area contributed by atoms with E-state index < -0.39 is 0 Å². The lowest BCUT2D eigenvalue weighted by Gasteiger charge is -1.93. The molecule has 0 atom stereocenters. The van der Waals surface area contributed by atoms with Gasteiger partial charge in [-0.1, -0.05) is 0 Å². The summed E-state index contributed by atoms with van der Waals surface area (Å²) in [4.78, 5) is 10.3. The summed E-state index contributed by atoms with van der Waals surface area (Å²) in [6, 6.07) is -0.218. The second-order valence-corrected chi connectivity index (χ2v) is 1.27. The largest absolute Gasteiger partial charge is 0.479 e. The van der Waals surface area contributed by atoms with Crippen LogP contribution in [-0.4, -0.2) is 27.2 Å². The molecule has 1 N–H and O–H groups in total. The average Bonchev–Trinajstić information content (AvgIpc) is 1.88. The van der Waals surface area contributed by atoms with Crippen molar-refractivity contribution in [3.63, 3.8) is 0 Å². The molecule has 0 saturated carbocycles. The molecule has 0 bridgehead atoms. The number of methoxy groups -OCH3 is 1. The Morgan fingerprint density at radius 3 is 2.78 bits per heavy atom. The van der Waals surface area contributed by atoms with Gasteiger partial charge in [0.25, 0.3) is 0 Å². The molecule has 0 aliphatic rings. The standard InChI is InChI=1S/C4H5N3O2/c1-9-4-6-2-5-3(8)7-4/h2H,1H3,(H,5,6,7,8). The lowest BCUT2D eigenvalue weighted by atomic mass is 11.0. The van der Waals surface area contributed by atoms with Gasteiger partial charge in [-0.15, -0.1) is 4.98 Å². The lowest BCUT2D eigenvalue weighted by molar-refractivity contribution is 0.354. The molecule has 1 aromatic heterocycles. The summed E-state index contributed by atoms with van der Waals surface area (Å²) in [5.74, 6) is 0. The molecule has 48 valence electrons. The van der Waals surface area contributed by atoms with E-state index in [-0.39, 0.29) is 12.0 Å². The number of aromatic hydroxyl groups is 1. The minimum Gasteiger partial charge on any atom is -0.479 e. The van der Waals surface area contributed by atoms with Crippen molar-refractivity contribution in [2.45, 2.75) is 0 Å². The number of rotatable bonds is 1. The Morgan fingerprint density at radius 2 is 2.33 bits per heavy atom. The Kier molecular flexibility index (Phi) is 1.44. The predicted octanol–water partition coefficient (Wildman–Crippen LogP) is -0.414. The van der Waals surface area contributed by atoms with Gasteiger partial charge >= 0.3 is 12.0 Å². The van der Waals surface area contributed by atoms with Crippen LogP contribution in [0.4, 0.5) is 0 Å². The number of hydrogen-bond acceptors (Lipinski definition) is 5. The first-order valence-corrected chi connectivity index (χ1v) is 2.25. The summed E-state index contributed by atoms with van der Waals surface area (Å²) in [6.07, 6.45) is 1.17. The second-order valence-electron chi connectivity index (χ2n) is 1.27. The SMILES string of the molecule is COc1ncnc(O)n1. The molecule has 0 unspecified atom stereocenters. The Labute approximate surface area is 51.4 Å². The number of nitrogens with zero attached hydrogens (tertiary/aromatic N) is 3. The van der Waals surface area contributed by atoms with Gasteiger partial charge in [-0.3, -0.25) is 0 Å². The van der Waals surface area contributed by atoms with E-state index in [1.54, 1.807) is 0 Å². The molecular weight excluding hydrogens is 122 g/mol. The van der Waals surface area contributed by atoms with E-state index in [4.69, 9.17) is 5.11 Å². The molecule has 9 heavy (non-hydrogen) atoms. The van der Waals surface area contributed by atoms with Gasteiger partial charge in [0.1, 0.15) is 6.33 Å². The van der Waals surface area contributed by atoms with Gasteiger partial charge in [0.2, 0.25) is 0 Å². The maximum atomic E-state index is 8.60. The van der Waals surface area contributed by atoms with Crippen LogP contribution in [0.1, 0.15) is 0 Å². The van der Waals surface area contributed by atoms with Crippen LogP contribution in [0.25, 0.3) is 0 Å². The van der Waals surface area contributed by atoms with Gasteiger partial charge in [-0.2, -0.15) is 9.97 Å². The first-order chi connectivity index (χ1) is 4.33. The Bertz CT molecular complexity index is 203. The molecule has 0 fully saturated rings. The van der Waals surface area contributed by atoms with Gasteiger partial charge < -0.3 is 9.84 Å². The zero-order valence-electron chi connectivity index (χ0n) is 4.77. The summed E-state index contributed by atoms with van der Waals surface area (Å²) in [7, 11) is 1.41. The topological polar surface area (TPSA) is 68.1 Å². The summed E-state index contributed by atoms with van der Waals surface area (Å²) in [6.45, 7) is 0.